The van der Waals surface area contributed by atoms with Crippen molar-refractivity contribution in [2.45, 2.75) is 23.2 Å². The van der Waals surface area contributed by atoms with Crippen LogP contribution in [0.25, 0.3) is 0 Å². The summed E-state index contributed by atoms with van der Waals surface area (Å²) in [5.41, 5.74) is 7.36. The first-order valence-electron chi connectivity index (χ1n) is 6.03. The number of benzene rings is 1. The topological polar surface area (TPSA) is 61.0 Å². The van der Waals surface area contributed by atoms with Crippen LogP contribution in [0.4, 0.5) is 0 Å². The summed E-state index contributed by atoms with van der Waals surface area (Å²) < 4.78 is 5.14. The van der Waals surface area contributed by atoms with Crippen molar-refractivity contribution in [3.8, 4) is 5.75 Å². The van der Waals surface area contributed by atoms with Crippen molar-refractivity contribution < 1.29 is 4.74 Å². The molecule has 100 valence electrons. The molecule has 2 N–H and O–H groups in total. The lowest BCUT2D eigenvalue weighted by Crippen LogP contribution is -2.21. The summed E-state index contributed by atoms with van der Waals surface area (Å²) in [5, 5.41) is 1.10. The number of aromatic nitrogens is 2. The van der Waals surface area contributed by atoms with E-state index in [1.807, 2.05) is 24.3 Å². The number of thioether (sulfide) groups is 1. The largest absolute Gasteiger partial charge is 0.497 e. The number of hydrogen-bond acceptors (Lipinski definition) is 5. The highest BCUT2D eigenvalue weighted by Crippen LogP contribution is 2.29. The van der Waals surface area contributed by atoms with Crippen LogP contribution in [0.15, 0.2) is 47.9 Å². The number of rotatable bonds is 5. The maximum absolute atomic E-state index is 6.27. The van der Waals surface area contributed by atoms with Gasteiger partial charge in [0.1, 0.15) is 10.8 Å². The van der Waals surface area contributed by atoms with E-state index in [-0.39, 0.29) is 11.3 Å². The average molecular weight is 275 g/mol. The van der Waals surface area contributed by atoms with Gasteiger partial charge in [0.05, 0.1) is 13.3 Å². The summed E-state index contributed by atoms with van der Waals surface area (Å²) in [7, 11) is 1.65. The second-order valence-corrected chi connectivity index (χ2v) is 5.56. The van der Waals surface area contributed by atoms with Crippen LogP contribution in [0.2, 0.25) is 0 Å². The normalized spacial score (nSPS) is 13.8. The first kappa shape index (κ1) is 13.8. The fraction of sp³-hybridized carbons (Fsp3) is 0.286. The molecule has 0 saturated heterocycles. The highest BCUT2D eigenvalue weighted by molar-refractivity contribution is 7.99. The van der Waals surface area contributed by atoms with E-state index in [2.05, 4.69) is 16.9 Å². The van der Waals surface area contributed by atoms with Crippen LogP contribution in [-0.4, -0.2) is 22.3 Å². The maximum Gasteiger partial charge on any atom is 0.118 e. The quantitative estimate of drug-likeness (QED) is 0.850. The lowest BCUT2D eigenvalue weighted by atomic mass is 10.1. The molecule has 0 bridgehead atoms. The minimum Gasteiger partial charge on any atom is -0.497 e. The molecule has 0 amide bonds. The van der Waals surface area contributed by atoms with Gasteiger partial charge in [0.2, 0.25) is 0 Å². The van der Waals surface area contributed by atoms with E-state index in [1.165, 1.54) is 0 Å². The zero-order chi connectivity index (χ0) is 13.7. The van der Waals surface area contributed by atoms with Crippen LogP contribution in [0, 0.1) is 0 Å². The Morgan fingerprint density at radius 3 is 2.53 bits per heavy atom. The number of nitrogens with zero attached hydrogens (tertiary/aromatic N) is 2. The molecule has 1 heterocycles. The molecule has 2 unspecified atom stereocenters. The van der Waals surface area contributed by atoms with Gasteiger partial charge >= 0.3 is 0 Å². The monoisotopic (exact) mass is 275 g/mol. The number of hydrogen-bond donors (Lipinski definition) is 1. The summed E-state index contributed by atoms with van der Waals surface area (Å²) in [6, 6.07) is 7.79. The maximum atomic E-state index is 6.27. The van der Waals surface area contributed by atoms with Crippen LogP contribution < -0.4 is 10.5 Å². The standard InChI is InChI=1S/C14H17N3OS/c1-10(19-13-9-16-7-8-17-13)14(15)11-3-5-12(18-2)6-4-11/h3-10,14H,15H2,1-2H3. The fourth-order valence-corrected chi connectivity index (χ4v) is 2.64. The molecule has 0 aliphatic rings. The molecule has 1 aromatic heterocycles. The number of ether oxygens (including phenoxy) is 1. The number of methoxy groups -OCH3 is 1. The van der Waals surface area contributed by atoms with Gasteiger partial charge in [-0.3, -0.25) is 4.98 Å². The molecule has 2 atom stereocenters. The van der Waals surface area contributed by atoms with E-state index < -0.39 is 0 Å². The van der Waals surface area contributed by atoms with Crippen molar-refractivity contribution in [2.24, 2.45) is 5.73 Å². The summed E-state index contributed by atoms with van der Waals surface area (Å²) >= 11 is 1.63. The van der Waals surface area contributed by atoms with Crippen molar-refractivity contribution in [1.29, 1.82) is 0 Å². The van der Waals surface area contributed by atoms with Crippen molar-refractivity contribution in [1.82, 2.24) is 9.97 Å². The Bertz CT molecular complexity index is 504. The average Bonchev–Trinajstić information content (AvgIpc) is 2.47. The molecule has 0 saturated carbocycles. The third-order valence-corrected chi connectivity index (χ3v) is 3.97. The zero-order valence-electron chi connectivity index (χ0n) is 11.0. The summed E-state index contributed by atoms with van der Waals surface area (Å²) in [5.74, 6) is 0.838. The van der Waals surface area contributed by atoms with Crippen LogP contribution >= 0.6 is 11.8 Å². The molecule has 0 radical (unpaired) electrons. The first-order chi connectivity index (χ1) is 9.20. The Morgan fingerprint density at radius 2 is 1.95 bits per heavy atom. The molecule has 5 heteroatoms. The fourth-order valence-electron chi connectivity index (χ4n) is 1.71. The van der Waals surface area contributed by atoms with Gasteiger partial charge in [0, 0.05) is 23.7 Å². The smallest absolute Gasteiger partial charge is 0.118 e. The van der Waals surface area contributed by atoms with Gasteiger partial charge in [-0.15, -0.1) is 0 Å². The molecule has 2 aromatic rings. The van der Waals surface area contributed by atoms with Gasteiger partial charge in [0.15, 0.2) is 0 Å². The van der Waals surface area contributed by atoms with Crippen molar-refractivity contribution in [3.63, 3.8) is 0 Å². The Morgan fingerprint density at radius 1 is 1.21 bits per heavy atom. The first-order valence-corrected chi connectivity index (χ1v) is 6.91. The third kappa shape index (κ3) is 3.68. The van der Waals surface area contributed by atoms with Crippen molar-refractivity contribution in [2.75, 3.05) is 7.11 Å². The second kappa shape index (κ2) is 6.54. The molecular formula is C14H17N3OS. The molecule has 0 aliphatic heterocycles. The van der Waals surface area contributed by atoms with Crippen LogP contribution in [0.3, 0.4) is 0 Å². The molecule has 0 aliphatic carbocycles. The van der Waals surface area contributed by atoms with Crippen molar-refractivity contribution >= 4 is 11.8 Å². The van der Waals surface area contributed by atoms with Gasteiger partial charge in [-0.2, -0.15) is 0 Å². The van der Waals surface area contributed by atoms with E-state index in [4.69, 9.17) is 10.5 Å². The molecule has 1 aromatic carbocycles. The van der Waals surface area contributed by atoms with Crippen LogP contribution in [0.5, 0.6) is 5.75 Å². The Hall–Kier alpha value is -1.59. The highest BCUT2D eigenvalue weighted by Gasteiger charge is 2.16. The molecule has 2 rings (SSSR count). The summed E-state index contributed by atoms with van der Waals surface area (Å²) in [4.78, 5) is 8.30. The van der Waals surface area contributed by atoms with Gasteiger partial charge in [-0.25, -0.2) is 4.98 Å². The highest BCUT2D eigenvalue weighted by atomic mass is 32.2. The minimum atomic E-state index is -0.0575. The van der Waals surface area contributed by atoms with Crippen molar-refractivity contribution in [3.05, 3.63) is 48.4 Å². The second-order valence-electron chi connectivity index (χ2n) is 4.17. The van der Waals surface area contributed by atoms with Gasteiger partial charge in [-0.05, 0) is 17.7 Å². The van der Waals surface area contributed by atoms with E-state index in [9.17, 15) is 0 Å². The lowest BCUT2D eigenvalue weighted by Gasteiger charge is -2.19. The van der Waals surface area contributed by atoms with Crippen LogP contribution in [0.1, 0.15) is 18.5 Å². The van der Waals surface area contributed by atoms with E-state index in [1.54, 1.807) is 37.5 Å². The molecule has 0 spiro atoms. The Kier molecular flexibility index (Phi) is 4.76. The lowest BCUT2D eigenvalue weighted by molar-refractivity contribution is 0.414. The minimum absolute atomic E-state index is 0.0575. The van der Waals surface area contributed by atoms with Gasteiger partial charge < -0.3 is 10.5 Å². The SMILES string of the molecule is COc1ccc(C(N)C(C)Sc2cnccn2)cc1. The molecule has 0 fully saturated rings. The predicted octanol–water partition coefficient (Wildman–Crippen LogP) is 2.67. The van der Waals surface area contributed by atoms with E-state index >= 15 is 0 Å². The van der Waals surface area contributed by atoms with E-state index in [0.717, 1.165) is 16.3 Å². The summed E-state index contributed by atoms with van der Waals surface area (Å²) in [6.07, 6.45) is 5.11. The van der Waals surface area contributed by atoms with E-state index in [0.29, 0.717) is 0 Å². The molecule has 4 nitrogen and oxygen atoms in total. The number of nitrogens with two attached hydrogens (primary N) is 1. The third-order valence-electron chi connectivity index (χ3n) is 2.85. The zero-order valence-corrected chi connectivity index (χ0v) is 11.8. The van der Waals surface area contributed by atoms with Gasteiger partial charge in [0.25, 0.3) is 0 Å². The Labute approximate surface area is 117 Å². The Balaban J connectivity index is 2.03. The predicted molar refractivity (Wildman–Crippen MR) is 77.3 cm³/mol. The molecule has 19 heavy (non-hydrogen) atoms. The summed E-state index contributed by atoms with van der Waals surface area (Å²) in [6.45, 7) is 2.09. The molecular weight excluding hydrogens is 258 g/mol. The van der Waals surface area contributed by atoms with Gasteiger partial charge in [-0.1, -0.05) is 30.8 Å². The van der Waals surface area contributed by atoms with Crippen LogP contribution in [-0.2, 0) is 0 Å².